The summed E-state index contributed by atoms with van der Waals surface area (Å²) in [7, 11) is 0. The minimum atomic E-state index is 0.853. The lowest BCUT2D eigenvalue weighted by atomic mass is 9.78. The Balaban J connectivity index is 1.27. The number of rotatable bonds is 8. The van der Waals surface area contributed by atoms with Gasteiger partial charge in [-0.2, -0.15) is 0 Å². The summed E-state index contributed by atoms with van der Waals surface area (Å²) in [4.78, 5) is 5.83. The molecular formula is C32H58N2. The molecule has 2 heteroatoms. The Morgan fingerprint density at radius 1 is 0.471 bits per heavy atom. The van der Waals surface area contributed by atoms with Crippen LogP contribution in [-0.2, 0) is 0 Å². The lowest BCUT2D eigenvalue weighted by Gasteiger charge is -2.49. The molecular weight excluding hydrogens is 412 g/mol. The molecule has 4 saturated carbocycles. The molecule has 196 valence electrons. The molecule has 4 aliphatic carbocycles. The molecule has 0 atom stereocenters. The molecule has 0 spiro atoms. The van der Waals surface area contributed by atoms with Gasteiger partial charge in [0.25, 0.3) is 0 Å². The minimum Gasteiger partial charge on any atom is -0.301 e. The van der Waals surface area contributed by atoms with Gasteiger partial charge in [0.15, 0.2) is 0 Å². The average Bonchev–Trinajstić information content (AvgIpc) is 2.87. The third-order valence-electron chi connectivity index (χ3n) is 10.7. The van der Waals surface area contributed by atoms with Crippen molar-refractivity contribution in [3.05, 3.63) is 12.2 Å². The van der Waals surface area contributed by atoms with E-state index in [-0.39, 0.29) is 0 Å². The molecule has 4 aliphatic rings. The van der Waals surface area contributed by atoms with Crippen molar-refractivity contribution in [1.82, 2.24) is 9.80 Å². The van der Waals surface area contributed by atoms with Gasteiger partial charge < -0.3 is 4.90 Å². The summed E-state index contributed by atoms with van der Waals surface area (Å²) >= 11 is 0. The van der Waals surface area contributed by atoms with Crippen LogP contribution in [0.15, 0.2) is 12.2 Å². The molecule has 0 aromatic heterocycles. The van der Waals surface area contributed by atoms with Crippen molar-refractivity contribution in [2.75, 3.05) is 13.1 Å². The standard InChI is InChI=1S/C32H58N2/c1-5-33(6-2)29-21-13-27(14-22-29)11-12-28-15-23-32(24-16-28)34(30-17-7-25(3)8-18-30)31-19-9-26(4)10-20-31/h11-12,25-32H,5-10,13-24H2,1-4H3. The molecule has 2 nitrogen and oxygen atoms in total. The smallest absolute Gasteiger partial charge is 0.0102 e. The maximum absolute atomic E-state index is 3.15. The van der Waals surface area contributed by atoms with Crippen molar-refractivity contribution in [1.29, 1.82) is 0 Å². The van der Waals surface area contributed by atoms with Crippen LogP contribution in [0.25, 0.3) is 0 Å². The van der Waals surface area contributed by atoms with E-state index < -0.39 is 0 Å². The van der Waals surface area contributed by atoms with Crippen LogP contribution in [0.2, 0.25) is 0 Å². The van der Waals surface area contributed by atoms with Crippen molar-refractivity contribution in [3.8, 4) is 0 Å². The Hall–Kier alpha value is -0.340. The number of allylic oxidation sites excluding steroid dienone is 2. The van der Waals surface area contributed by atoms with Gasteiger partial charge in [0.05, 0.1) is 0 Å². The predicted molar refractivity (Wildman–Crippen MR) is 148 cm³/mol. The zero-order chi connectivity index (χ0) is 23.9. The molecule has 0 aromatic rings. The average molecular weight is 471 g/mol. The fourth-order valence-corrected chi connectivity index (χ4v) is 8.28. The van der Waals surface area contributed by atoms with Crippen LogP contribution in [-0.4, -0.2) is 47.1 Å². The van der Waals surface area contributed by atoms with Crippen molar-refractivity contribution in [2.45, 2.75) is 155 Å². The SMILES string of the molecule is CCN(CC)C1CCC(C=CC2CCC(N(C3CCC(C)CC3)C3CCC(C)CC3)CC2)CC1. The van der Waals surface area contributed by atoms with E-state index in [0.717, 1.165) is 47.8 Å². The molecule has 0 bridgehead atoms. The van der Waals surface area contributed by atoms with Crippen LogP contribution in [0.3, 0.4) is 0 Å². The van der Waals surface area contributed by atoms with Crippen LogP contribution in [0.5, 0.6) is 0 Å². The quantitative estimate of drug-likeness (QED) is 0.328. The Labute approximate surface area is 213 Å². The zero-order valence-electron chi connectivity index (χ0n) is 23.4. The highest BCUT2D eigenvalue weighted by atomic mass is 15.2. The summed E-state index contributed by atoms with van der Waals surface area (Å²) in [5, 5.41) is 0. The van der Waals surface area contributed by atoms with E-state index in [0.29, 0.717) is 0 Å². The normalized spacial score (nSPS) is 40.3. The molecule has 0 saturated heterocycles. The number of hydrogen-bond acceptors (Lipinski definition) is 2. The summed E-state index contributed by atoms with van der Waals surface area (Å²) in [6, 6.07) is 3.53. The highest BCUT2D eigenvalue weighted by Crippen LogP contribution is 2.39. The van der Waals surface area contributed by atoms with Crippen molar-refractivity contribution < 1.29 is 0 Å². The Morgan fingerprint density at radius 3 is 1.15 bits per heavy atom. The predicted octanol–water partition coefficient (Wildman–Crippen LogP) is 8.46. The molecule has 4 fully saturated rings. The summed E-state index contributed by atoms with van der Waals surface area (Å²) in [5.74, 6) is 3.64. The minimum absolute atomic E-state index is 0.853. The second-order valence-electron chi connectivity index (χ2n) is 13.0. The lowest BCUT2D eigenvalue weighted by molar-refractivity contribution is 0.00813. The first-order valence-electron chi connectivity index (χ1n) is 15.8. The van der Waals surface area contributed by atoms with Crippen LogP contribution in [0.4, 0.5) is 0 Å². The Morgan fingerprint density at radius 2 is 0.794 bits per heavy atom. The van der Waals surface area contributed by atoms with E-state index in [4.69, 9.17) is 0 Å². The van der Waals surface area contributed by atoms with Gasteiger partial charge in [-0.25, -0.2) is 0 Å². The second kappa shape index (κ2) is 13.3. The molecule has 0 aromatic carbocycles. The Bertz CT molecular complexity index is 556. The van der Waals surface area contributed by atoms with E-state index >= 15 is 0 Å². The zero-order valence-corrected chi connectivity index (χ0v) is 23.4. The molecule has 0 aliphatic heterocycles. The van der Waals surface area contributed by atoms with E-state index in [1.165, 1.54) is 116 Å². The fourth-order valence-electron chi connectivity index (χ4n) is 8.28. The molecule has 0 N–H and O–H groups in total. The molecule has 0 radical (unpaired) electrons. The molecule has 0 heterocycles. The van der Waals surface area contributed by atoms with E-state index in [1.54, 1.807) is 0 Å². The summed E-state index contributed by atoms with van der Waals surface area (Å²) in [6.45, 7) is 12.1. The van der Waals surface area contributed by atoms with Crippen LogP contribution in [0.1, 0.15) is 130 Å². The molecule has 0 amide bonds. The van der Waals surface area contributed by atoms with Crippen LogP contribution >= 0.6 is 0 Å². The molecule has 4 rings (SSSR count). The van der Waals surface area contributed by atoms with Crippen molar-refractivity contribution in [2.24, 2.45) is 23.7 Å². The largest absolute Gasteiger partial charge is 0.301 e. The first kappa shape index (κ1) is 26.7. The fraction of sp³-hybridized carbons (Fsp3) is 0.938. The van der Waals surface area contributed by atoms with E-state index in [2.05, 4.69) is 49.6 Å². The van der Waals surface area contributed by atoms with Crippen molar-refractivity contribution in [3.63, 3.8) is 0 Å². The van der Waals surface area contributed by atoms with Gasteiger partial charge in [0.2, 0.25) is 0 Å². The second-order valence-corrected chi connectivity index (χ2v) is 13.0. The van der Waals surface area contributed by atoms with Gasteiger partial charge in [-0.05, 0) is 139 Å². The van der Waals surface area contributed by atoms with Gasteiger partial charge >= 0.3 is 0 Å². The summed E-state index contributed by atoms with van der Waals surface area (Å²) in [6.07, 6.45) is 28.6. The van der Waals surface area contributed by atoms with E-state index in [9.17, 15) is 0 Å². The van der Waals surface area contributed by atoms with Crippen LogP contribution in [0, 0.1) is 23.7 Å². The van der Waals surface area contributed by atoms with E-state index in [1.807, 2.05) is 0 Å². The van der Waals surface area contributed by atoms with Crippen molar-refractivity contribution >= 4 is 0 Å². The number of hydrogen-bond donors (Lipinski definition) is 0. The third-order valence-corrected chi connectivity index (χ3v) is 10.7. The maximum atomic E-state index is 3.15. The number of nitrogens with zero attached hydrogens (tertiary/aromatic N) is 2. The van der Waals surface area contributed by atoms with Gasteiger partial charge in [-0.1, -0.05) is 39.8 Å². The highest BCUT2D eigenvalue weighted by Gasteiger charge is 2.37. The first-order valence-corrected chi connectivity index (χ1v) is 15.8. The highest BCUT2D eigenvalue weighted by molar-refractivity contribution is 4.99. The third kappa shape index (κ3) is 7.12. The van der Waals surface area contributed by atoms with Gasteiger partial charge in [-0.15, -0.1) is 0 Å². The van der Waals surface area contributed by atoms with Crippen LogP contribution < -0.4 is 0 Å². The van der Waals surface area contributed by atoms with Gasteiger partial charge in [0, 0.05) is 24.2 Å². The topological polar surface area (TPSA) is 6.48 Å². The summed E-state index contributed by atoms with van der Waals surface area (Å²) < 4.78 is 0. The first-order chi connectivity index (χ1) is 16.6. The monoisotopic (exact) mass is 470 g/mol. The maximum Gasteiger partial charge on any atom is 0.0102 e. The molecule has 0 unspecified atom stereocenters. The molecule has 34 heavy (non-hydrogen) atoms. The van der Waals surface area contributed by atoms with Gasteiger partial charge in [-0.3, -0.25) is 4.90 Å². The van der Waals surface area contributed by atoms with Gasteiger partial charge in [0.1, 0.15) is 0 Å². The Kier molecular flexibility index (Phi) is 10.4. The summed E-state index contributed by atoms with van der Waals surface area (Å²) in [5.41, 5.74) is 0. The lowest BCUT2D eigenvalue weighted by Crippen LogP contribution is -2.52.